The fourth-order valence-corrected chi connectivity index (χ4v) is 2.99. The van der Waals surface area contributed by atoms with Gasteiger partial charge in [0.2, 0.25) is 0 Å². The highest BCUT2D eigenvalue weighted by atomic mass is 35.5. The van der Waals surface area contributed by atoms with Crippen molar-refractivity contribution in [3.05, 3.63) is 97.3 Å². The Labute approximate surface area is 157 Å². The van der Waals surface area contributed by atoms with Gasteiger partial charge in [-0.05, 0) is 29.8 Å². The number of halogens is 1. The number of hydrogen-bond donors (Lipinski definition) is 2. The number of rotatable bonds is 4. The van der Waals surface area contributed by atoms with Crippen LogP contribution in [0.25, 0.3) is 11.0 Å². The fourth-order valence-electron chi connectivity index (χ4n) is 2.86. The highest BCUT2D eigenvalue weighted by Gasteiger charge is 2.12. The Balaban J connectivity index is 1.61. The zero-order valence-corrected chi connectivity index (χ0v) is 14.7. The molecule has 0 radical (unpaired) electrons. The third-order valence-corrected chi connectivity index (χ3v) is 4.48. The molecule has 0 bridgehead atoms. The number of aromatic amines is 2. The molecule has 0 saturated carbocycles. The maximum atomic E-state index is 12.5. The van der Waals surface area contributed by atoms with Gasteiger partial charge in [-0.1, -0.05) is 35.9 Å². The van der Waals surface area contributed by atoms with Crippen molar-refractivity contribution in [3.63, 3.8) is 0 Å². The molecular formula is C19H13ClN4O3. The van der Waals surface area contributed by atoms with Crippen molar-refractivity contribution in [2.45, 2.75) is 6.54 Å². The number of H-pyrrole nitrogens is 2. The summed E-state index contributed by atoms with van der Waals surface area (Å²) < 4.78 is 1.60. The Bertz CT molecular complexity index is 1250. The minimum absolute atomic E-state index is 0.0910. The van der Waals surface area contributed by atoms with Crippen LogP contribution < -0.4 is 11.1 Å². The van der Waals surface area contributed by atoms with Gasteiger partial charge >= 0.3 is 0 Å². The van der Waals surface area contributed by atoms with Gasteiger partial charge in [-0.15, -0.1) is 0 Å². The first-order chi connectivity index (χ1) is 13.0. The number of nitrogens with zero attached hydrogens (tertiary/aromatic N) is 2. The monoisotopic (exact) mass is 380 g/mol. The highest BCUT2D eigenvalue weighted by Crippen LogP contribution is 2.15. The fraction of sp³-hybridized carbons (Fsp3) is 0.0526. The van der Waals surface area contributed by atoms with Gasteiger partial charge in [0.15, 0.2) is 11.3 Å². The van der Waals surface area contributed by atoms with Crippen LogP contribution in [0.2, 0.25) is 5.02 Å². The quantitative estimate of drug-likeness (QED) is 0.530. The Hall–Kier alpha value is -3.45. The Morgan fingerprint density at radius 2 is 1.52 bits per heavy atom. The van der Waals surface area contributed by atoms with Gasteiger partial charge in [-0.2, -0.15) is 0 Å². The van der Waals surface area contributed by atoms with Crippen molar-refractivity contribution >= 4 is 28.4 Å². The third kappa shape index (κ3) is 3.20. The second-order valence-electron chi connectivity index (χ2n) is 6.01. The maximum absolute atomic E-state index is 12.5. The molecule has 2 aromatic carbocycles. The number of carbonyl (C=O) groups is 1. The molecule has 7 nitrogen and oxygen atoms in total. The first kappa shape index (κ1) is 17.0. The second-order valence-corrected chi connectivity index (χ2v) is 6.45. The van der Waals surface area contributed by atoms with E-state index in [2.05, 4.69) is 15.2 Å². The van der Waals surface area contributed by atoms with Gasteiger partial charge < -0.3 is 4.57 Å². The summed E-state index contributed by atoms with van der Waals surface area (Å²) in [5.41, 5.74) is 1.39. The molecule has 27 heavy (non-hydrogen) atoms. The van der Waals surface area contributed by atoms with E-state index < -0.39 is 11.1 Å². The van der Waals surface area contributed by atoms with Crippen LogP contribution in [0.5, 0.6) is 0 Å². The number of nitrogens with one attached hydrogen (secondary N) is 2. The van der Waals surface area contributed by atoms with Crippen molar-refractivity contribution < 1.29 is 4.79 Å². The number of benzene rings is 2. The normalized spacial score (nSPS) is 11.0. The first-order valence-electron chi connectivity index (χ1n) is 8.08. The van der Waals surface area contributed by atoms with E-state index in [4.69, 9.17) is 11.6 Å². The predicted octanol–water partition coefficient (Wildman–Crippen LogP) is 2.35. The summed E-state index contributed by atoms with van der Waals surface area (Å²) in [6, 6.07) is 13.8. The predicted molar refractivity (Wildman–Crippen MR) is 101 cm³/mol. The van der Waals surface area contributed by atoms with Crippen molar-refractivity contribution in [3.8, 4) is 0 Å². The van der Waals surface area contributed by atoms with Crippen LogP contribution in [0.1, 0.15) is 21.5 Å². The molecule has 0 saturated heterocycles. The average Bonchev–Trinajstić information content (AvgIpc) is 3.10. The molecule has 4 aromatic rings. The summed E-state index contributed by atoms with van der Waals surface area (Å²) >= 11 is 5.85. The standard InChI is InChI=1S/C19H13ClN4O3/c20-14-7-5-13(6-8-14)17(25)12-3-1-11(2-4-12)9-24-10-21-15-16(24)19(27)23-22-18(15)26/h1-8,10H,9H2,(H,22,26)(H,23,27). The first-order valence-corrected chi connectivity index (χ1v) is 8.46. The lowest BCUT2D eigenvalue weighted by Gasteiger charge is -2.06. The number of fused-ring (bicyclic) bond motifs is 1. The topological polar surface area (TPSA) is 101 Å². The molecule has 0 aliphatic carbocycles. The molecule has 0 unspecified atom stereocenters. The van der Waals surface area contributed by atoms with Crippen LogP contribution in [-0.2, 0) is 6.54 Å². The number of ketones is 1. The van der Waals surface area contributed by atoms with Gasteiger partial charge in [0, 0.05) is 22.7 Å². The molecule has 134 valence electrons. The van der Waals surface area contributed by atoms with E-state index in [1.165, 1.54) is 6.33 Å². The van der Waals surface area contributed by atoms with Crippen molar-refractivity contribution in [2.75, 3.05) is 0 Å². The summed E-state index contributed by atoms with van der Waals surface area (Å²) in [5.74, 6) is -0.103. The largest absolute Gasteiger partial charge is 0.321 e. The number of carbonyl (C=O) groups excluding carboxylic acids is 1. The van der Waals surface area contributed by atoms with Crippen molar-refractivity contribution in [1.29, 1.82) is 0 Å². The lowest BCUT2D eigenvalue weighted by Crippen LogP contribution is -2.20. The molecule has 0 spiro atoms. The minimum Gasteiger partial charge on any atom is -0.321 e. The molecule has 4 rings (SSSR count). The molecule has 2 N–H and O–H groups in total. The van der Waals surface area contributed by atoms with E-state index in [1.54, 1.807) is 53.1 Å². The Morgan fingerprint density at radius 1 is 0.926 bits per heavy atom. The molecule has 2 heterocycles. The summed E-state index contributed by atoms with van der Waals surface area (Å²) in [7, 11) is 0. The minimum atomic E-state index is -0.452. The lowest BCUT2D eigenvalue weighted by atomic mass is 10.0. The summed E-state index contributed by atoms with van der Waals surface area (Å²) in [5, 5.41) is 5.11. The van der Waals surface area contributed by atoms with Crippen molar-refractivity contribution in [2.24, 2.45) is 0 Å². The van der Waals surface area contributed by atoms with E-state index in [1.807, 2.05) is 0 Å². The average molecular weight is 381 g/mol. The highest BCUT2D eigenvalue weighted by molar-refractivity contribution is 6.30. The van der Waals surface area contributed by atoms with Crippen molar-refractivity contribution in [1.82, 2.24) is 19.7 Å². The molecule has 2 aromatic heterocycles. The molecule has 0 aliphatic heterocycles. The van der Waals surface area contributed by atoms with Gasteiger partial charge in [-0.25, -0.2) is 4.98 Å². The SMILES string of the molecule is O=C(c1ccc(Cl)cc1)c1ccc(Cn2cnc3c(=O)[nH][nH]c(=O)c32)cc1. The van der Waals surface area contributed by atoms with E-state index in [0.29, 0.717) is 22.7 Å². The summed E-state index contributed by atoms with van der Waals surface area (Å²) in [4.78, 5) is 40.2. The van der Waals surface area contributed by atoms with Gasteiger partial charge in [-0.3, -0.25) is 24.6 Å². The number of hydrogen-bond acceptors (Lipinski definition) is 4. The second kappa shape index (κ2) is 6.69. The lowest BCUT2D eigenvalue weighted by molar-refractivity contribution is 0.103. The van der Waals surface area contributed by atoms with Crippen LogP contribution in [0, 0.1) is 0 Å². The number of imidazole rings is 1. The Kier molecular flexibility index (Phi) is 4.21. The summed E-state index contributed by atoms with van der Waals surface area (Å²) in [6.45, 7) is 0.346. The summed E-state index contributed by atoms with van der Waals surface area (Å²) in [6.07, 6.45) is 1.45. The molecule has 0 amide bonds. The van der Waals surface area contributed by atoms with Crippen LogP contribution in [0.3, 0.4) is 0 Å². The molecule has 0 fully saturated rings. The van der Waals surface area contributed by atoms with Crippen LogP contribution in [0.4, 0.5) is 0 Å². The smallest absolute Gasteiger partial charge is 0.290 e. The van der Waals surface area contributed by atoms with Gasteiger partial charge in [0.25, 0.3) is 11.1 Å². The zero-order chi connectivity index (χ0) is 19.0. The van der Waals surface area contributed by atoms with Gasteiger partial charge in [0.05, 0.1) is 6.33 Å². The van der Waals surface area contributed by atoms with Crippen LogP contribution >= 0.6 is 11.6 Å². The zero-order valence-electron chi connectivity index (χ0n) is 13.9. The maximum Gasteiger partial charge on any atom is 0.290 e. The molecule has 8 heteroatoms. The van der Waals surface area contributed by atoms with Gasteiger partial charge in [0.1, 0.15) is 5.52 Å². The molecule has 0 atom stereocenters. The third-order valence-electron chi connectivity index (χ3n) is 4.23. The van der Waals surface area contributed by atoms with E-state index >= 15 is 0 Å². The van der Waals surface area contributed by atoms with E-state index in [0.717, 1.165) is 5.56 Å². The van der Waals surface area contributed by atoms with E-state index in [9.17, 15) is 14.4 Å². The van der Waals surface area contributed by atoms with Crippen LogP contribution in [-0.4, -0.2) is 25.5 Å². The van der Waals surface area contributed by atoms with E-state index in [-0.39, 0.29) is 16.8 Å². The molecule has 0 aliphatic rings. The Morgan fingerprint density at radius 3 is 2.19 bits per heavy atom. The van der Waals surface area contributed by atoms with Crippen LogP contribution in [0.15, 0.2) is 64.4 Å². The number of aromatic nitrogens is 4. The molecular weight excluding hydrogens is 368 g/mol.